The molecular formula is C53H32N2O. The maximum atomic E-state index is 6.99. The molecule has 1 unspecified atom stereocenters. The average molecular weight is 713 g/mol. The van der Waals surface area contributed by atoms with Crippen molar-refractivity contribution >= 4 is 54.4 Å². The topological polar surface area (TPSA) is 19.1 Å². The van der Waals surface area contributed by atoms with Crippen LogP contribution in [0.15, 0.2) is 194 Å². The van der Waals surface area contributed by atoms with Crippen LogP contribution in [-0.2, 0) is 5.41 Å². The zero-order valence-electron chi connectivity index (χ0n) is 30.3. The summed E-state index contributed by atoms with van der Waals surface area (Å²) < 4.78 is 11.9. The molecule has 2 aromatic heterocycles. The second-order valence-electron chi connectivity index (χ2n) is 15.2. The van der Waals surface area contributed by atoms with Crippen LogP contribution in [0.25, 0.3) is 76.9 Å². The lowest BCUT2D eigenvalue weighted by Gasteiger charge is -2.40. The van der Waals surface area contributed by atoms with Gasteiger partial charge in [0.2, 0.25) is 0 Å². The summed E-state index contributed by atoms with van der Waals surface area (Å²) in [6, 6.07) is 71.3. The van der Waals surface area contributed by atoms with Crippen LogP contribution in [0.1, 0.15) is 22.3 Å². The fraction of sp³-hybridized carbons (Fsp3) is 0.0189. The van der Waals surface area contributed by atoms with Crippen molar-refractivity contribution in [3.63, 3.8) is 0 Å². The first kappa shape index (κ1) is 30.0. The van der Waals surface area contributed by atoms with Gasteiger partial charge in [-0.25, -0.2) is 0 Å². The van der Waals surface area contributed by atoms with E-state index in [1.54, 1.807) is 0 Å². The molecule has 0 N–H and O–H groups in total. The fourth-order valence-electron chi connectivity index (χ4n) is 10.3. The van der Waals surface area contributed by atoms with Crippen LogP contribution < -0.4 is 4.74 Å². The molecule has 0 bridgehead atoms. The molecule has 3 nitrogen and oxygen atoms in total. The standard InChI is InChI=1S/C53H32N2O/c1-2-14-36-33(13-1)25-29-45-52(36)56-51-24-12-7-19-44(51)53(45)43-30-27-34(54-47-20-8-3-15-38(47)39-16-4-9-21-48(39)54)31-42(43)37-28-26-35(32-46(37)53)55-49-22-10-5-17-40(49)41-18-6-11-23-50(41)55/h1-32H. The van der Waals surface area contributed by atoms with E-state index in [-0.39, 0.29) is 0 Å². The highest BCUT2D eigenvalue weighted by Crippen LogP contribution is 2.63. The van der Waals surface area contributed by atoms with Crippen LogP contribution >= 0.6 is 0 Å². The fourth-order valence-corrected chi connectivity index (χ4v) is 10.3. The molecule has 0 saturated carbocycles. The molecule has 0 saturated heterocycles. The van der Waals surface area contributed by atoms with E-state index in [9.17, 15) is 0 Å². The van der Waals surface area contributed by atoms with E-state index in [1.807, 2.05) is 0 Å². The van der Waals surface area contributed by atoms with Gasteiger partial charge in [-0.2, -0.15) is 0 Å². The zero-order chi connectivity index (χ0) is 36.5. The number of hydrogen-bond acceptors (Lipinski definition) is 1. The van der Waals surface area contributed by atoms with Crippen LogP contribution in [0, 0.1) is 0 Å². The van der Waals surface area contributed by atoms with Crippen molar-refractivity contribution < 1.29 is 4.74 Å². The number of fused-ring (bicyclic) bond motifs is 17. The SMILES string of the molecule is c1ccc2c(c1)Oc1c(ccc3ccccc13)C21c2ccc(-n3c4ccccc4c4ccccc43)cc2-c2ccc(-n3c4ccccc4c4ccccc43)cc21. The third kappa shape index (κ3) is 3.72. The molecule has 260 valence electrons. The Bertz CT molecular complexity index is 3370. The minimum absolute atomic E-state index is 0.632. The Morgan fingerprint density at radius 2 is 0.839 bits per heavy atom. The Labute approximate surface area is 322 Å². The molecule has 0 amide bonds. The summed E-state index contributed by atoms with van der Waals surface area (Å²) >= 11 is 0. The van der Waals surface area contributed by atoms with Crippen molar-refractivity contribution in [2.24, 2.45) is 0 Å². The molecule has 0 fully saturated rings. The highest BCUT2D eigenvalue weighted by atomic mass is 16.5. The molecule has 9 aromatic carbocycles. The minimum atomic E-state index is -0.632. The van der Waals surface area contributed by atoms with Crippen LogP contribution in [0.2, 0.25) is 0 Å². The van der Waals surface area contributed by atoms with Crippen molar-refractivity contribution in [1.82, 2.24) is 9.13 Å². The van der Waals surface area contributed by atoms with Crippen molar-refractivity contribution in [3.05, 3.63) is 216 Å². The normalized spacial score (nSPS) is 15.4. The second-order valence-corrected chi connectivity index (χ2v) is 15.2. The van der Waals surface area contributed by atoms with Crippen molar-refractivity contribution in [2.45, 2.75) is 5.41 Å². The van der Waals surface area contributed by atoms with Gasteiger partial charge in [-0.1, -0.05) is 140 Å². The smallest absolute Gasteiger partial charge is 0.140 e. The number of nitrogens with zero attached hydrogens (tertiary/aromatic N) is 2. The van der Waals surface area contributed by atoms with E-state index in [0.29, 0.717) is 0 Å². The first-order chi connectivity index (χ1) is 27.8. The van der Waals surface area contributed by atoms with Crippen molar-refractivity contribution in [3.8, 4) is 34.0 Å². The summed E-state index contributed by atoms with van der Waals surface area (Å²) in [5, 5.41) is 7.32. The predicted octanol–water partition coefficient (Wildman–Crippen LogP) is 13.5. The molecule has 0 radical (unpaired) electrons. The minimum Gasteiger partial charge on any atom is -0.456 e. The van der Waals surface area contributed by atoms with Crippen molar-refractivity contribution in [2.75, 3.05) is 0 Å². The Balaban J connectivity index is 1.17. The Hall–Kier alpha value is -7.36. The molecule has 2 aliphatic rings. The van der Waals surface area contributed by atoms with Crippen LogP contribution in [0.5, 0.6) is 11.5 Å². The maximum Gasteiger partial charge on any atom is 0.140 e. The molecule has 56 heavy (non-hydrogen) atoms. The lowest BCUT2D eigenvalue weighted by atomic mass is 9.65. The molecule has 3 heteroatoms. The van der Waals surface area contributed by atoms with Gasteiger partial charge in [-0.05, 0) is 82.2 Å². The van der Waals surface area contributed by atoms with Crippen molar-refractivity contribution in [1.29, 1.82) is 0 Å². The Morgan fingerprint density at radius 3 is 1.48 bits per heavy atom. The van der Waals surface area contributed by atoms with E-state index >= 15 is 0 Å². The first-order valence-corrected chi connectivity index (χ1v) is 19.4. The van der Waals surface area contributed by atoms with E-state index < -0.39 is 5.41 Å². The number of para-hydroxylation sites is 5. The summed E-state index contributed by atoms with van der Waals surface area (Å²) in [4.78, 5) is 0. The second kappa shape index (κ2) is 10.9. The summed E-state index contributed by atoms with van der Waals surface area (Å²) in [5.74, 6) is 1.82. The monoisotopic (exact) mass is 712 g/mol. The van der Waals surface area contributed by atoms with Gasteiger partial charge in [-0.15, -0.1) is 0 Å². The van der Waals surface area contributed by atoms with Gasteiger partial charge < -0.3 is 13.9 Å². The maximum absolute atomic E-state index is 6.99. The third-order valence-electron chi connectivity index (χ3n) is 12.6. The summed E-state index contributed by atoms with van der Waals surface area (Å²) in [6.45, 7) is 0. The van der Waals surface area contributed by atoms with E-state index in [1.165, 1.54) is 76.8 Å². The number of hydrogen-bond donors (Lipinski definition) is 0. The summed E-state index contributed by atoms with van der Waals surface area (Å²) in [5.41, 5.74) is 13.8. The van der Waals surface area contributed by atoms with Crippen LogP contribution in [0.3, 0.4) is 0 Å². The molecule has 1 atom stereocenters. The molecule has 1 spiro atoms. The first-order valence-electron chi connectivity index (χ1n) is 19.4. The molecule has 1 aliphatic carbocycles. The number of aromatic nitrogens is 2. The van der Waals surface area contributed by atoms with E-state index in [4.69, 9.17) is 4.74 Å². The van der Waals surface area contributed by atoms with Gasteiger partial charge in [0.15, 0.2) is 0 Å². The number of benzene rings is 9. The third-order valence-corrected chi connectivity index (χ3v) is 12.6. The zero-order valence-corrected chi connectivity index (χ0v) is 30.3. The van der Waals surface area contributed by atoms with Crippen LogP contribution in [-0.4, -0.2) is 9.13 Å². The van der Waals surface area contributed by atoms with Gasteiger partial charge in [0.1, 0.15) is 11.5 Å². The molecule has 3 heterocycles. The largest absolute Gasteiger partial charge is 0.456 e. The molecule has 13 rings (SSSR count). The highest BCUT2D eigenvalue weighted by Gasteiger charge is 2.51. The summed E-state index contributed by atoms with van der Waals surface area (Å²) in [6.07, 6.45) is 0. The molecule has 1 aliphatic heterocycles. The van der Waals surface area contributed by atoms with Gasteiger partial charge in [0.25, 0.3) is 0 Å². The highest BCUT2D eigenvalue weighted by molar-refractivity contribution is 6.10. The predicted molar refractivity (Wildman–Crippen MR) is 230 cm³/mol. The number of rotatable bonds is 2. The molecular weight excluding hydrogens is 681 g/mol. The van der Waals surface area contributed by atoms with E-state index in [0.717, 1.165) is 33.8 Å². The van der Waals surface area contributed by atoms with Crippen LogP contribution in [0.4, 0.5) is 0 Å². The lowest BCUT2D eigenvalue weighted by Crippen LogP contribution is -2.32. The number of ether oxygens (including phenoxy) is 1. The average Bonchev–Trinajstić information content (AvgIpc) is 3.88. The Morgan fingerprint density at radius 1 is 0.339 bits per heavy atom. The lowest BCUT2D eigenvalue weighted by molar-refractivity contribution is 0.441. The quantitative estimate of drug-likeness (QED) is 0.175. The van der Waals surface area contributed by atoms with Gasteiger partial charge in [0.05, 0.1) is 27.5 Å². The van der Waals surface area contributed by atoms with Gasteiger partial charge in [-0.3, -0.25) is 0 Å². The van der Waals surface area contributed by atoms with Gasteiger partial charge in [0, 0.05) is 49.4 Å². The Kier molecular flexibility index (Phi) is 5.83. The summed E-state index contributed by atoms with van der Waals surface area (Å²) in [7, 11) is 0. The van der Waals surface area contributed by atoms with Gasteiger partial charge >= 0.3 is 0 Å². The molecule has 11 aromatic rings. The van der Waals surface area contributed by atoms with E-state index in [2.05, 4.69) is 203 Å².